The second-order valence-electron chi connectivity index (χ2n) is 5.54. The van der Waals surface area contributed by atoms with Gasteiger partial charge in [-0.3, -0.25) is 4.79 Å². The van der Waals surface area contributed by atoms with Crippen molar-refractivity contribution in [2.24, 2.45) is 0 Å². The van der Waals surface area contributed by atoms with Crippen LogP contribution in [0.2, 0.25) is 0 Å². The minimum Gasteiger partial charge on any atom is -0.325 e. The molecule has 0 aromatic heterocycles. The lowest BCUT2D eigenvalue weighted by atomic mass is 10.0. The fraction of sp³-hybridized carbons (Fsp3) is 0.533. The summed E-state index contributed by atoms with van der Waals surface area (Å²) in [5.41, 5.74) is 2.19. The largest absolute Gasteiger partial charge is 0.325 e. The maximum Gasteiger partial charge on any atom is 0.238 e. The summed E-state index contributed by atoms with van der Waals surface area (Å²) >= 11 is 0. The molecule has 0 atom stereocenters. The summed E-state index contributed by atoms with van der Waals surface area (Å²) < 4.78 is 0. The van der Waals surface area contributed by atoms with E-state index in [0.29, 0.717) is 6.54 Å². The Hall–Kier alpha value is -1.35. The molecule has 1 aromatic rings. The molecule has 3 heteroatoms. The van der Waals surface area contributed by atoms with Gasteiger partial charge in [-0.25, -0.2) is 0 Å². The van der Waals surface area contributed by atoms with E-state index in [1.54, 1.807) is 0 Å². The molecule has 98 valence electrons. The molecule has 0 saturated heterocycles. The molecule has 0 radical (unpaired) electrons. The first kappa shape index (κ1) is 13.1. The normalized spacial score (nSPS) is 17.7. The highest BCUT2D eigenvalue weighted by Gasteiger charge is 2.28. The van der Waals surface area contributed by atoms with Gasteiger partial charge in [0.2, 0.25) is 5.91 Å². The zero-order valence-electron chi connectivity index (χ0n) is 11.3. The van der Waals surface area contributed by atoms with E-state index in [-0.39, 0.29) is 11.4 Å². The Morgan fingerprint density at radius 1 is 1.33 bits per heavy atom. The summed E-state index contributed by atoms with van der Waals surface area (Å²) in [6, 6.07) is 7.88. The fourth-order valence-electron chi connectivity index (χ4n) is 2.55. The lowest BCUT2D eigenvalue weighted by molar-refractivity contribution is -0.115. The monoisotopic (exact) mass is 246 g/mol. The lowest BCUT2D eigenvalue weighted by Crippen LogP contribution is -2.43. The Morgan fingerprint density at radius 2 is 2.06 bits per heavy atom. The number of nitrogens with one attached hydrogen (secondary N) is 2. The lowest BCUT2D eigenvalue weighted by Gasteiger charge is -2.24. The summed E-state index contributed by atoms with van der Waals surface area (Å²) in [5.74, 6) is 0.0359. The fourth-order valence-corrected chi connectivity index (χ4v) is 2.55. The van der Waals surface area contributed by atoms with E-state index in [4.69, 9.17) is 0 Å². The molecule has 0 bridgehead atoms. The number of hydrogen-bond acceptors (Lipinski definition) is 2. The molecule has 1 saturated carbocycles. The van der Waals surface area contributed by atoms with Gasteiger partial charge in [0.05, 0.1) is 6.54 Å². The van der Waals surface area contributed by atoms with Gasteiger partial charge in [-0.05, 0) is 44.4 Å². The summed E-state index contributed by atoms with van der Waals surface area (Å²) in [5, 5.41) is 6.30. The predicted molar refractivity (Wildman–Crippen MR) is 74.7 cm³/mol. The number of carbonyl (C=O) groups excluding carboxylic acids is 1. The zero-order valence-corrected chi connectivity index (χ0v) is 11.3. The molecule has 1 amide bonds. The van der Waals surface area contributed by atoms with Crippen LogP contribution in [0.15, 0.2) is 24.3 Å². The van der Waals surface area contributed by atoms with Crippen LogP contribution in [0, 0.1) is 6.92 Å². The summed E-state index contributed by atoms with van der Waals surface area (Å²) in [7, 11) is 0. The van der Waals surface area contributed by atoms with Crippen molar-refractivity contribution in [3.63, 3.8) is 0 Å². The van der Waals surface area contributed by atoms with Crippen molar-refractivity contribution in [2.75, 3.05) is 11.9 Å². The van der Waals surface area contributed by atoms with Crippen LogP contribution in [0.4, 0.5) is 5.69 Å². The molecular formula is C15H22N2O. The maximum atomic E-state index is 11.8. The Kier molecular flexibility index (Phi) is 4.02. The van der Waals surface area contributed by atoms with Crippen LogP contribution in [-0.2, 0) is 4.79 Å². The highest BCUT2D eigenvalue weighted by atomic mass is 16.1. The van der Waals surface area contributed by atoms with Gasteiger partial charge in [0.25, 0.3) is 0 Å². The van der Waals surface area contributed by atoms with Gasteiger partial charge in [-0.15, -0.1) is 0 Å². The molecule has 18 heavy (non-hydrogen) atoms. The first-order valence-electron chi connectivity index (χ1n) is 6.69. The quantitative estimate of drug-likeness (QED) is 0.857. The molecule has 1 aliphatic carbocycles. The Labute approximate surface area is 109 Å². The standard InChI is InChI=1S/C15H22N2O/c1-12-6-5-7-13(10-12)17-14(18)11-16-15(2)8-3-4-9-15/h5-7,10,16H,3-4,8-9,11H2,1-2H3,(H,17,18). The third kappa shape index (κ3) is 3.57. The molecular weight excluding hydrogens is 224 g/mol. The third-order valence-electron chi connectivity index (χ3n) is 3.68. The molecule has 1 aliphatic rings. The van der Waals surface area contributed by atoms with Crippen LogP contribution in [-0.4, -0.2) is 18.0 Å². The summed E-state index contributed by atoms with van der Waals surface area (Å²) in [4.78, 5) is 11.8. The summed E-state index contributed by atoms with van der Waals surface area (Å²) in [6.45, 7) is 4.62. The summed E-state index contributed by atoms with van der Waals surface area (Å²) in [6.07, 6.45) is 4.88. The van der Waals surface area contributed by atoms with Crippen LogP contribution < -0.4 is 10.6 Å². The number of aryl methyl sites for hydroxylation is 1. The van der Waals surface area contributed by atoms with Gasteiger partial charge in [0.1, 0.15) is 0 Å². The molecule has 1 fully saturated rings. The molecule has 1 aromatic carbocycles. The number of anilines is 1. The molecule has 3 nitrogen and oxygen atoms in total. The number of carbonyl (C=O) groups is 1. The third-order valence-corrected chi connectivity index (χ3v) is 3.68. The van der Waals surface area contributed by atoms with Gasteiger partial charge in [0, 0.05) is 11.2 Å². The molecule has 0 unspecified atom stereocenters. The Morgan fingerprint density at radius 3 is 2.72 bits per heavy atom. The molecule has 0 aliphatic heterocycles. The average molecular weight is 246 g/mol. The number of rotatable bonds is 4. The highest BCUT2D eigenvalue weighted by molar-refractivity contribution is 5.92. The van der Waals surface area contributed by atoms with E-state index in [1.165, 1.54) is 25.7 Å². The average Bonchev–Trinajstić information content (AvgIpc) is 2.74. The number of hydrogen-bond donors (Lipinski definition) is 2. The van der Waals surface area contributed by atoms with Crippen molar-refractivity contribution >= 4 is 11.6 Å². The van der Waals surface area contributed by atoms with E-state index >= 15 is 0 Å². The molecule has 2 N–H and O–H groups in total. The van der Waals surface area contributed by atoms with E-state index in [1.807, 2.05) is 31.2 Å². The van der Waals surface area contributed by atoms with E-state index in [0.717, 1.165) is 11.3 Å². The second-order valence-corrected chi connectivity index (χ2v) is 5.54. The topological polar surface area (TPSA) is 41.1 Å². The van der Waals surface area contributed by atoms with Gasteiger partial charge >= 0.3 is 0 Å². The SMILES string of the molecule is Cc1cccc(NC(=O)CNC2(C)CCCC2)c1. The Balaban J connectivity index is 1.82. The number of benzene rings is 1. The van der Waals surface area contributed by atoms with Crippen molar-refractivity contribution in [2.45, 2.75) is 45.1 Å². The van der Waals surface area contributed by atoms with E-state index in [9.17, 15) is 4.79 Å². The van der Waals surface area contributed by atoms with E-state index < -0.39 is 0 Å². The van der Waals surface area contributed by atoms with Crippen LogP contribution >= 0.6 is 0 Å². The second kappa shape index (κ2) is 5.53. The van der Waals surface area contributed by atoms with Crippen molar-refractivity contribution in [3.05, 3.63) is 29.8 Å². The zero-order chi connectivity index (χ0) is 13.0. The van der Waals surface area contributed by atoms with Crippen molar-refractivity contribution in [1.29, 1.82) is 0 Å². The van der Waals surface area contributed by atoms with Gasteiger partial charge < -0.3 is 10.6 Å². The minimum atomic E-state index is 0.0359. The van der Waals surface area contributed by atoms with Crippen LogP contribution in [0.25, 0.3) is 0 Å². The Bertz CT molecular complexity index is 422. The van der Waals surface area contributed by atoms with Crippen LogP contribution in [0.3, 0.4) is 0 Å². The predicted octanol–water partition coefficient (Wildman–Crippen LogP) is 2.86. The minimum absolute atomic E-state index is 0.0359. The van der Waals surface area contributed by atoms with Crippen molar-refractivity contribution in [3.8, 4) is 0 Å². The molecule has 2 rings (SSSR count). The highest BCUT2D eigenvalue weighted by Crippen LogP contribution is 2.28. The smallest absolute Gasteiger partial charge is 0.238 e. The van der Waals surface area contributed by atoms with Gasteiger partial charge in [-0.2, -0.15) is 0 Å². The van der Waals surface area contributed by atoms with Crippen molar-refractivity contribution < 1.29 is 4.79 Å². The molecule has 0 spiro atoms. The van der Waals surface area contributed by atoms with Gasteiger partial charge in [0.15, 0.2) is 0 Å². The van der Waals surface area contributed by atoms with Gasteiger partial charge in [-0.1, -0.05) is 25.0 Å². The first-order valence-corrected chi connectivity index (χ1v) is 6.69. The van der Waals surface area contributed by atoms with Crippen molar-refractivity contribution in [1.82, 2.24) is 5.32 Å². The van der Waals surface area contributed by atoms with Crippen LogP contribution in [0.5, 0.6) is 0 Å². The molecule has 0 heterocycles. The van der Waals surface area contributed by atoms with Crippen LogP contribution in [0.1, 0.15) is 38.2 Å². The van der Waals surface area contributed by atoms with E-state index in [2.05, 4.69) is 17.6 Å². The first-order chi connectivity index (χ1) is 8.57. The maximum absolute atomic E-state index is 11.8. The number of amides is 1.